The lowest BCUT2D eigenvalue weighted by Gasteiger charge is -2.31. The molecule has 7 heteroatoms. The normalized spacial score (nSPS) is 20.1. The van der Waals surface area contributed by atoms with Crippen molar-refractivity contribution >= 4 is 10.0 Å². The highest BCUT2D eigenvalue weighted by Crippen LogP contribution is 2.25. The van der Waals surface area contributed by atoms with E-state index in [-0.39, 0.29) is 10.8 Å². The van der Waals surface area contributed by atoms with Crippen molar-refractivity contribution in [2.75, 3.05) is 13.1 Å². The van der Waals surface area contributed by atoms with Crippen LogP contribution in [0.2, 0.25) is 0 Å². The molecule has 5 nitrogen and oxygen atoms in total. The van der Waals surface area contributed by atoms with Gasteiger partial charge in [0.15, 0.2) is 0 Å². The number of nitrogens with zero attached hydrogens (tertiary/aromatic N) is 2. The number of H-pyrrole nitrogens is 1. The van der Waals surface area contributed by atoms with Crippen molar-refractivity contribution in [3.63, 3.8) is 0 Å². The number of sulfonamides is 1. The van der Waals surface area contributed by atoms with E-state index >= 15 is 0 Å². The van der Waals surface area contributed by atoms with E-state index in [0.717, 1.165) is 25.0 Å². The van der Waals surface area contributed by atoms with Gasteiger partial charge in [0.2, 0.25) is 10.0 Å². The summed E-state index contributed by atoms with van der Waals surface area (Å²) in [7, 11) is -3.55. The first-order chi connectivity index (χ1) is 10.6. The third-order valence-corrected chi connectivity index (χ3v) is 5.88. The standard InChI is InChI=1S/C15H18FN3O2S/c16-13-3-5-15(6-4-13)22(20,21)19-9-1-2-12(11-19)10-14-7-8-17-18-14/h3-8,12H,1-2,9-11H2,(H,17,18)/t12-/m0/s1. The van der Waals surface area contributed by atoms with E-state index in [1.807, 2.05) is 6.07 Å². The van der Waals surface area contributed by atoms with E-state index in [9.17, 15) is 12.8 Å². The highest BCUT2D eigenvalue weighted by atomic mass is 32.2. The Kier molecular flexibility index (Phi) is 4.26. The van der Waals surface area contributed by atoms with E-state index in [2.05, 4.69) is 10.2 Å². The highest BCUT2D eigenvalue weighted by molar-refractivity contribution is 7.89. The summed E-state index contributed by atoms with van der Waals surface area (Å²) in [5.74, 6) is -0.167. The maximum Gasteiger partial charge on any atom is 0.243 e. The minimum absolute atomic E-state index is 0.149. The van der Waals surface area contributed by atoms with Gasteiger partial charge in [0.1, 0.15) is 5.82 Å². The Morgan fingerprint density at radius 3 is 2.73 bits per heavy atom. The van der Waals surface area contributed by atoms with Crippen LogP contribution < -0.4 is 0 Å². The predicted octanol–water partition coefficient (Wildman–Crippen LogP) is 2.19. The summed E-state index contributed by atoms with van der Waals surface area (Å²) in [4.78, 5) is 0.149. The van der Waals surface area contributed by atoms with Crippen molar-refractivity contribution in [3.05, 3.63) is 48.0 Å². The molecule has 0 spiro atoms. The zero-order valence-electron chi connectivity index (χ0n) is 12.1. The summed E-state index contributed by atoms with van der Waals surface area (Å²) in [6.45, 7) is 0.998. The van der Waals surface area contributed by atoms with Gasteiger partial charge in [0, 0.05) is 25.0 Å². The van der Waals surface area contributed by atoms with E-state index < -0.39 is 15.8 Å². The molecule has 1 saturated heterocycles. The summed E-state index contributed by atoms with van der Waals surface area (Å²) >= 11 is 0. The lowest BCUT2D eigenvalue weighted by atomic mass is 9.95. The lowest BCUT2D eigenvalue weighted by molar-refractivity contribution is 0.264. The molecule has 0 amide bonds. The maximum absolute atomic E-state index is 13.0. The first-order valence-corrected chi connectivity index (χ1v) is 8.74. The first kappa shape index (κ1) is 15.2. The van der Waals surface area contributed by atoms with E-state index in [1.54, 1.807) is 6.20 Å². The average Bonchev–Trinajstić information content (AvgIpc) is 3.01. The Morgan fingerprint density at radius 2 is 2.05 bits per heavy atom. The first-order valence-electron chi connectivity index (χ1n) is 7.29. The Bertz CT molecular complexity index is 714. The van der Waals surface area contributed by atoms with Crippen LogP contribution in [0.1, 0.15) is 18.5 Å². The molecule has 3 rings (SSSR count). The van der Waals surface area contributed by atoms with Gasteiger partial charge >= 0.3 is 0 Å². The SMILES string of the molecule is O=S(=O)(c1ccc(F)cc1)N1CCC[C@@H](Cc2ccn[nH]2)C1. The van der Waals surface area contributed by atoms with Gasteiger partial charge in [0.25, 0.3) is 0 Å². The second kappa shape index (κ2) is 6.18. The van der Waals surface area contributed by atoms with Crippen LogP contribution in [0, 0.1) is 11.7 Å². The van der Waals surface area contributed by atoms with Crippen molar-refractivity contribution < 1.29 is 12.8 Å². The average molecular weight is 323 g/mol. The molecule has 0 radical (unpaired) electrons. The summed E-state index contributed by atoms with van der Waals surface area (Å²) in [5.41, 5.74) is 1.02. The van der Waals surface area contributed by atoms with Crippen molar-refractivity contribution in [2.24, 2.45) is 5.92 Å². The molecule has 0 aliphatic carbocycles. The smallest absolute Gasteiger partial charge is 0.243 e. The molecule has 1 aliphatic rings. The molecular weight excluding hydrogens is 305 g/mol. The number of piperidine rings is 1. The number of hydrogen-bond acceptors (Lipinski definition) is 3. The number of hydrogen-bond donors (Lipinski definition) is 1. The summed E-state index contributed by atoms with van der Waals surface area (Å²) < 4.78 is 39.7. The minimum Gasteiger partial charge on any atom is -0.283 e. The number of rotatable bonds is 4. The van der Waals surface area contributed by atoms with E-state index in [1.165, 1.54) is 28.6 Å². The molecule has 2 aromatic rings. The second-order valence-electron chi connectivity index (χ2n) is 5.61. The Morgan fingerprint density at radius 1 is 1.27 bits per heavy atom. The van der Waals surface area contributed by atoms with Gasteiger partial charge in [0.05, 0.1) is 4.90 Å². The number of nitrogens with one attached hydrogen (secondary N) is 1. The molecule has 1 aliphatic heterocycles. The third kappa shape index (κ3) is 3.20. The molecular formula is C15H18FN3O2S. The van der Waals surface area contributed by atoms with Crippen molar-refractivity contribution in [2.45, 2.75) is 24.2 Å². The number of aromatic nitrogens is 2. The van der Waals surface area contributed by atoms with Gasteiger partial charge in [-0.3, -0.25) is 5.10 Å². The molecule has 1 atom stereocenters. The largest absolute Gasteiger partial charge is 0.283 e. The summed E-state index contributed by atoms with van der Waals surface area (Å²) in [6, 6.07) is 6.91. The number of benzene rings is 1. The van der Waals surface area contributed by atoms with Crippen LogP contribution in [-0.4, -0.2) is 36.0 Å². The lowest BCUT2D eigenvalue weighted by Crippen LogP contribution is -2.40. The Hall–Kier alpha value is -1.73. The van der Waals surface area contributed by atoms with E-state index in [0.29, 0.717) is 13.1 Å². The molecule has 22 heavy (non-hydrogen) atoms. The quantitative estimate of drug-likeness (QED) is 0.938. The molecule has 0 unspecified atom stereocenters. The van der Waals surface area contributed by atoms with E-state index in [4.69, 9.17) is 0 Å². The van der Waals surface area contributed by atoms with Gasteiger partial charge in [-0.25, -0.2) is 12.8 Å². The Labute approximate surface area is 129 Å². The second-order valence-corrected chi connectivity index (χ2v) is 7.55. The Balaban J connectivity index is 1.74. The third-order valence-electron chi connectivity index (χ3n) is 4.00. The number of halogens is 1. The maximum atomic E-state index is 13.0. The molecule has 1 N–H and O–H groups in total. The van der Waals surface area contributed by atoms with Crippen molar-refractivity contribution in [3.8, 4) is 0 Å². The van der Waals surface area contributed by atoms with Crippen LogP contribution in [-0.2, 0) is 16.4 Å². The summed E-state index contributed by atoms with van der Waals surface area (Å²) in [6.07, 6.45) is 4.31. The molecule has 1 fully saturated rings. The van der Waals surface area contributed by atoms with Gasteiger partial charge in [-0.05, 0) is 55.5 Å². The predicted molar refractivity (Wildman–Crippen MR) is 80.2 cm³/mol. The fraction of sp³-hybridized carbons (Fsp3) is 0.400. The zero-order valence-corrected chi connectivity index (χ0v) is 12.9. The van der Waals surface area contributed by atoms with Gasteiger partial charge in [-0.15, -0.1) is 0 Å². The number of aromatic amines is 1. The van der Waals surface area contributed by atoms with Crippen LogP contribution in [0.5, 0.6) is 0 Å². The topological polar surface area (TPSA) is 66.1 Å². The fourth-order valence-electron chi connectivity index (χ4n) is 2.88. The minimum atomic E-state index is -3.55. The van der Waals surface area contributed by atoms with Gasteiger partial charge < -0.3 is 0 Å². The van der Waals surface area contributed by atoms with Gasteiger partial charge in [-0.2, -0.15) is 9.40 Å². The monoisotopic (exact) mass is 323 g/mol. The molecule has 2 heterocycles. The van der Waals surface area contributed by atoms with Crippen LogP contribution in [0.3, 0.4) is 0 Å². The molecule has 1 aromatic carbocycles. The van der Waals surface area contributed by atoms with Crippen molar-refractivity contribution in [1.29, 1.82) is 0 Å². The van der Waals surface area contributed by atoms with Gasteiger partial charge in [-0.1, -0.05) is 0 Å². The highest BCUT2D eigenvalue weighted by Gasteiger charge is 2.30. The van der Waals surface area contributed by atoms with Crippen LogP contribution in [0.25, 0.3) is 0 Å². The summed E-state index contributed by atoms with van der Waals surface area (Å²) in [5, 5.41) is 6.84. The van der Waals surface area contributed by atoms with Crippen molar-refractivity contribution in [1.82, 2.24) is 14.5 Å². The zero-order chi connectivity index (χ0) is 15.6. The molecule has 0 bridgehead atoms. The van der Waals surface area contributed by atoms with Crippen LogP contribution in [0.4, 0.5) is 4.39 Å². The molecule has 1 aromatic heterocycles. The molecule has 0 saturated carbocycles. The van der Waals surface area contributed by atoms with Crippen LogP contribution in [0.15, 0.2) is 41.4 Å². The molecule has 118 valence electrons. The van der Waals surface area contributed by atoms with Crippen LogP contribution >= 0.6 is 0 Å². The fourth-order valence-corrected chi connectivity index (χ4v) is 4.43.